The van der Waals surface area contributed by atoms with Crippen LogP contribution < -0.4 is 11.1 Å². The number of nitrogens with zero attached hydrogens (tertiary/aromatic N) is 1. The van der Waals surface area contributed by atoms with Crippen LogP contribution in [0, 0.1) is 0 Å². The summed E-state index contributed by atoms with van der Waals surface area (Å²) in [6.45, 7) is 5.85. The second kappa shape index (κ2) is 9.34. The second-order valence-corrected chi connectivity index (χ2v) is 5.16. The predicted octanol–water partition coefficient (Wildman–Crippen LogP) is 1.50. The van der Waals surface area contributed by atoms with Gasteiger partial charge in [-0.25, -0.2) is 0 Å². The lowest BCUT2D eigenvalue weighted by Crippen LogP contribution is -2.36. The monoisotopic (exact) mass is 255 g/mol. The predicted molar refractivity (Wildman–Crippen MR) is 75.4 cm³/mol. The largest absolute Gasteiger partial charge is 0.355 e. The molecule has 0 saturated heterocycles. The van der Waals surface area contributed by atoms with E-state index in [9.17, 15) is 4.79 Å². The summed E-state index contributed by atoms with van der Waals surface area (Å²) in [4.78, 5) is 14.0. The topological polar surface area (TPSA) is 58.4 Å². The van der Waals surface area contributed by atoms with E-state index in [-0.39, 0.29) is 5.91 Å². The SMILES string of the molecule is CCN(CCNC(=O)CCCCCCN)C1CC1. The van der Waals surface area contributed by atoms with Crippen molar-refractivity contribution in [2.75, 3.05) is 26.2 Å². The number of nitrogens with two attached hydrogens (primary N) is 1. The van der Waals surface area contributed by atoms with Crippen LogP contribution in [0.25, 0.3) is 0 Å². The fourth-order valence-corrected chi connectivity index (χ4v) is 2.25. The van der Waals surface area contributed by atoms with Crippen LogP contribution in [0.5, 0.6) is 0 Å². The highest BCUT2D eigenvalue weighted by atomic mass is 16.1. The zero-order valence-corrected chi connectivity index (χ0v) is 11.8. The molecule has 3 N–H and O–H groups in total. The Hall–Kier alpha value is -0.610. The third kappa shape index (κ3) is 6.97. The maximum atomic E-state index is 11.6. The molecule has 1 saturated carbocycles. The van der Waals surface area contributed by atoms with Gasteiger partial charge in [0.15, 0.2) is 0 Å². The minimum atomic E-state index is 0.203. The zero-order chi connectivity index (χ0) is 13.2. The van der Waals surface area contributed by atoms with Gasteiger partial charge in [-0.2, -0.15) is 0 Å². The molecule has 0 spiro atoms. The van der Waals surface area contributed by atoms with Gasteiger partial charge in [-0.3, -0.25) is 9.69 Å². The van der Waals surface area contributed by atoms with E-state index >= 15 is 0 Å². The van der Waals surface area contributed by atoms with Crippen LogP contribution in [0.1, 0.15) is 51.9 Å². The number of carbonyl (C=O) groups excluding carboxylic acids is 1. The third-order valence-electron chi connectivity index (χ3n) is 3.55. The van der Waals surface area contributed by atoms with Crippen molar-refractivity contribution in [1.82, 2.24) is 10.2 Å². The van der Waals surface area contributed by atoms with E-state index in [2.05, 4.69) is 17.1 Å². The number of unbranched alkanes of at least 4 members (excludes halogenated alkanes) is 3. The first-order chi connectivity index (χ1) is 8.77. The Morgan fingerprint density at radius 1 is 1.28 bits per heavy atom. The highest BCUT2D eigenvalue weighted by Crippen LogP contribution is 2.25. The van der Waals surface area contributed by atoms with Crippen molar-refractivity contribution in [3.05, 3.63) is 0 Å². The van der Waals surface area contributed by atoms with Gasteiger partial charge < -0.3 is 11.1 Å². The molecule has 0 aromatic heterocycles. The Morgan fingerprint density at radius 2 is 2.00 bits per heavy atom. The summed E-state index contributed by atoms with van der Waals surface area (Å²) in [7, 11) is 0. The lowest BCUT2D eigenvalue weighted by molar-refractivity contribution is -0.121. The highest BCUT2D eigenvalue weighted by Gasteiger charge is 2.27. The Bertz CT molecular complexity index is 229. The van der Waals surface area contributed by atoms with E-state index in [0.29, 0.717) is 6.42 Å². The molecule has 1 aliphatic carbocycles. The smallest absolute Gasteiger partial charge is 0.220 e. The lowest BCUT2D eigenvalue weighted by Gasteiger charge is -2.19. The number of carbonyl (C=O) groups is 1. The molecule has 0 atom stereocenters. The van der Waals surface area contributed by atoms with Crippen molar-refractivity contribution in [2.24, 2.45) is 5.73 Å². The number of nitrogens with one attached hydrogen (secondary N) is 1. The molecule has 4 nitrogen and oxygen atoms in total. The van der Waals surface area contributed by atoms with Crippen LogP contribution in [-0.2, 0) is 4.79 Å². The molecule has 0 aliphatic heterocycles. The van der Waals surface area contributed by atoms with Crippen molar-refractivity contribution < 1.29 is 4.79 Å². The summed E-state index contributed by atoms with van der Waals surface area (Å²) in [5.41, 5.74) is 5.42. The first kappa shape index (κ1) is 15.4. The third-order valence-corrected chi connectivity index (χ3v) is 3.55. The fourth-order valence-electron chi connectivity index (χ4n) is 2.25. The molecule has 106 valence electrons. The molecule has 0 bridgehead atoms. The van der Waals surface area contributed by atoms with Gasteiger partial charge in [-0.1, -0.05) is 19.8 Å². The first-order valence-corrected chi connectivity index (χ1v) is 7.48. The molecule has 0 radical (unpaired) electrons. The van der Waals surface area contributed by atoms with Crippen molar-refractivity contribution >= 4 is 5.91 Å². The Balaban J connectivity index is 1.92. The standard InChI is InChI=1S/C14H29N3O/c1-2-17(13-8-9-13)12-11-16-14(18)7-5-3-4-6-10-15/h13H,2-12,15H2,1H3,(H,16,18). The van der Waals surface area contributed by atoms with Crippen molar-refractivity contribution in [2.45, 2.75) is 57.9 Å². The molecule has 0 heterocycles. The summed E-state index contributed by atoms with van der Waals surface area (Å²) in [6.07, 6.45) is 7.68. The van der Waals surface area contributed by atoms with Crippen LogP contribution in [0.3, 0.4) is 0 Å². The van der Waals surface area contributed by atoms with Crippen molar-refractivity contribution in [3.63, 3.8) is 0 Å². The van der Waals surface area contributed by atoms with Gasteiger partial charge in [-0.15, -0.1) is 0 Å². The van der Waals surface area contributed by atoms with Gasteiger partial charge in [-0.05, 0) is 38.8 Å². The van der Waals surface area contributed by atoms with Gasteiger partial charge in [0, 0.05) is 25.6 Å². The summed E-state index contributed by atoms with van der Waals surface area (Å²) < 4.78 is 0. The zero-order valence-electron chi connectivity index (χ0n) is 11.8. The number of likely N-dealkylation sites (N-methyl/N-ethyl adjacent to an activating group) is 1. The molecule has 4 heteroatoms. The molecule has 1 fully saturated rings. The molecular weight excluding hydrogens is 226 g/mol. The molecular formula is C14H29N3O. The van der Waals surface area contributed by atoms with Crippen LogP contribution in [0.15, 0.2) is 0 Å². The normalized spacial score (nSPS) is 15.1. The average molecular weight is 255 g/mol. The Kier molecular flexibility index (Phi) is 8.01. The minimum Gasteiger partial charge on any atom is -0.355 e. The van der Waals surface area contributed by atoms with E-state index in [4.69, 9.17) is 5.73 Å². The van der Waals surface area contributed by atoms with Gasteiger partial charge in [0.25, 0.3) is 0 Å². The fraction of sp³-hybridized carbons (Fsp3) is 0.929. The quantitative estimate of drug-likeness (QED) is 0.550. The first-order valence-electron chi connectivity index (χ1n) is 7.48. The molecule has 1 rings (SSSR count). The molecule has 1 amide bonds. The molecule has 1 aliphatic rings. The Labute approximate surface area is 111 Å². The summed E-state index contributed by atoms with van der Waals surface area (Å²) >= 11 is 0. The summed E-state index contributed by atoms with van der Waals surface area (Å²) in [6, 6.07) is 0.795. The Morgan fingerprint density at radius 3 is 2.61 bits per heavy atom. The van der Waals surface area contributed by atoms with Gasteiger partial charge in [0.2, 0.25) is 5.91 Å². The highest BCUT2D eigenvalue weighted by molar-refractivity contribution is 5.75. The average Bonchev–Trinajstić information content (AvgIpc) is 3.19. The van der Waals surface area contributed by atoms with Crippen LogP contribution in [0.2, 0.25) is 0 Å². The summed E-state index contributed by atoms with van der Waals surface area (Å²) in [5, 5.41) is 3.02. The van der Waals surface area contributed by atoms with E-state index < -0.39 is 0 Å². The van der Waals surface area contributed by atoms with Crippen LogP contribution >= 0.6 is 0 Å². The molecule has 0 unspecified atom stereocenters. The van der Waals surface area contributed by atoms with Crippen LogP contribution in [0.4, 0.5) is 0 Å². The van der Waals surface area contributed by atoms with E-state index in [1.807, 2.05) is 0 Å². The number of amides is 1. The lowest BCUT2D eigenvalue weighted by atomic mass is 10.1. The number of hydrogen-bond acceptors (Lipinski definition) is 3. The van der Waals surface area contributed by atoms with Gasteiger partial charge in [0.1, 0.15) is 0 Å². The van der Waals surface area contributed by atoms with E-state index in [0.717, 1.165) is 57.9 Å². The number of hydrogen-bond donors (Lipinski definition) is 2. The second-order valence-electron chi connectivity index (χ2n) is 5.16. The van der Waals surface area contributed by atoms with Gasteiger partial charge in [0.05, 0.1) is 0 Å². The molecule has 18 heavy (non-hydrogen) atoms. The number of rotatable bonds is 11. The van der Waals surface area contributed by atoms with E-state index in [1.54, 1.807) is 0 Å². The van der Waals surface area contributed by atoms with Gasteiger partial charge >= 0.3 is 0 Å². The maximum absolute atomic E-state index is 11.6. The maximum Gasteiger partial charge on any atom is 0.220 e. The summed E-state index contributed by atoms with van der Waals surface area (Å²) in [5.74, 6) is 0.203. The van der Waals surface area contributed by atoms with Crippen molar-refractivity contribution in [3.8, 4) is 0 Å². The minimum absolute atomic E-state index is 0.203. The molecule has 0 aromatic rings. The van der Waals surface area contributed by atoms with Crippen molar-refractivity contribution in [1.29, 1.82) is 0 Å². The van der Waals surface area contributed by atoms with Crippen LogP contribution in [-0.4, -0.2) is 43.0 Å². The molecule has 0 aromatic carbocycles. The van der Waals surface area contributed by atoms with E-state index in [1.165, 1.54) is 12.8 Å².